The van der Waals surface area contributed by atoms with E-state index >= 15 is 0 Å². The Hall–Kier alpha value is -3.30. The quantitative estimate of drug-likeness (QED) is 0.600. The van der Waals surface area contributed by atoms with E-state index in [0.717, 1.165) is 5.56 Å². The highest BCUT2D eigenvalue weighted by Gasteiger charge is 2.48. The van der Waals surface area contributed by atoms with E-state index in [2.05, 4.69) is 10.6 Å². The molecule has 0 radical (unpaired) electrons. The minimum Gasteiger partial charge on any atom is -0.445 e. The van der Waals surface area contributed by atoms with Gasteiger partial charge in [0, 0.05) is 13.1 Å². The standard InChI is InChI=1S/C27H40N4O6/c1-26(2,3)22(29-25(35)36-17-18-10-8-7-9-11-18)23(33)31-15-13-19-20(31)12-14-30(19)21(32)16-28-24(34)37-27(4,5)6/h7-11,19-20,22H,12-17H2,1-6H3,(H,28,34)(H,29,35). The van der Waals surface area contributed by atoms with Crippen molar-refractivity contribution in [2.75, 3.05) is 19.6 Å². The minimum absolute atomic E-state index is 0.112. The lowest BCUT2D eigenvalue weighted by molar-refractivity contribution is -0.137. The number of carbonyl (C=O) groups excluding carboxylic acids is 4. The maximum Gasteiger partial charge on any atom is 0.408 e. The van der Waals surface area contributed by atoms with Crippen LogP contribution in [0.2, 0.25) is 0 Å². The largest absolute Gasteiger partial charge is 0.445 e. The fourth-order valence-corrected chi connectivity index (χ4v) is 4.83. The van der Waals surface area contributed by atoms with Gasteiger partial charge in [-0.05, 0) is 44.6 Å². The highest BCUT2D eigenvalue weighted by molar-refractivity contribution is 5.88. The third kappa shape index (κ3) is 7.60. The number of hydrogen-bond acceptors (Lipinski definition) is 6. The molecule has 3 unspecified atom stereocenters. The van der Waals surface area contributed by atoms with Crippen molar-refractivity contribution in [3.05, 3.63) is 35.9 Å². The smallest absolute Gasteiger partial charge is 0.408 e. The van der Waals surface area contributed by atoms with Crippen LogP contribution in [0.15, 0.2) is 30.3 Å². The molecule has 4 amide bonds. The zero-order valence-electron chi connectivity index (χ0n) is 22.7. The van der Waals surface area contributed by atoms with E-state index in [4.69, 9.17) is 9.47 Å². The summed E-state index contributed by atoms with van der Waals surface area (Å²) in [4.78, 5) is 54.5. The number of ether oxygens (including phenoxy) is 2. The number of carbonyl (C=O) groups is 4. The second-order valence-electron chi connectivity index (χ2n) is 11.7. The molecule has 3 rings (SSSR count). The summed E-state index contributed by atoms with van der Waals surface area (Å²) in [5, 5.41) is 5.29. The summed E-state index contributed by atoms with van der Waals surface area (Å²) in [7, 11) is 0. The average molecular weight is 517 g/mol. The van der Waals surface area contributed by atoms with Gasteiger partial charge >= 0.3 is 12.2 Å². The summed E-state index contributed by atoms with van der Waals surface area (Å²) < 4.78 is 10.6. The highest BCUT2D eigenvalue weighted by Crippen LogP contribution is 2.34. The first-order chi connectivity index (χ1) is 17.3. The van der Waals surface area contributed by atoms with Gasteiger partial charge in [-0.3, -0.25) is 9.59 Å². The third-order valence-corrected chi connectivity index (χ3v) is 6.55. The molecule has 1 aromatic rings. The molecule has 0 aliphatic carbocycles. The Kier molecular flexibility index (Phi) is 8.71. The van der Waals surface area contributed by atoms with E-state index in [1.165, 1.54) is 0 Å². The topological polar surface area (TPSA) is 117 Å². The van der Waals surface area contributed by atoms with E-state index in [-0.39, 0.29) is 37.0 Å². The molecule has 1 aromatic carbocycles. The first kappa shape index (κ1) is 28.3. The zero-order chi connectivity index (χ0) is 27.4. The highest BCUT2D eigenvalue weighted by atomic mass is 16.6. The fourth-order valence-electron chi connectivity index (χ4n) is 4.83. The van der Waals surface area contributed by atoms with Crippen LogP contribution < -0.4 is 10.6 Å². The second kappa shape index (κ2) is 11.4. The molecule has 10 nitrogen and oxygen atoms in total. The molecular formula is C27H40N4O6. The van der Waals surface area contributed by atoms with Crippen LogP contribution in [-0.4, -0.2) is 77.2 Å². The molecule has 2 N–H and O–H groups in total. The maximum absolute atomic E-state index is 13.6. The van der Waals surface area contributed by atoms with Crippen molar-refractivity contribution < 1.29 is 28.7 Å². The Morgan fingerprint density at radius 1 is 0.919 bits per heavy atom. The molecule has 2 heterocycles. The van der Waals surface area contributed by atoms with Crippen LogP contribution in [0, 0.1) is 5.41 Å². The number of benzene rings is 1. The van der Waals surface area contributed by atoms with Crippen molar-refractivity contribution in [3.63, 3.8) is 0 Å². The van der Waals surface area contributed by atoms with Crippen LogP contribution in [0.5, 0.6) is 0 Å². The molecule has 204 valence electrons. The lowest BCUT2D eigenvalue weighted by Crippen LogP contribution is -2.56. The Morgan fingerprint density at radius 3 is 2.11 bits per heavy atom. The normalized spacial score (nSPS) is 20.2. The molecule has 2 aliphatic rings. The van der Waals surface area contributed by atoms with Gasteiger partial charge in [0.25, 0.3) is 0 Å². The summed E-state index contributed by atoms with van der Waals surface area (Å²) in [6.45, 7) is 11.9. The van der Waals surface area contributed by atoms with Gasteiger partial charge in [0.2, 0.25) is 11.8 Å². The van der Waals surface area contributed by atoms with Gasteiger partial charge in [0.1, 0.15) is 24.8 Å². The number of amides is 4. The average Bonchev–Trinajstić information content (AvgIpc) is 3.40. The molecule has 10 heteroatoms. The number of likely N-dealkylation sites (tertiary alicyclic amines) is 2. The van der Waals surface area contributed by atoms with Gasteiger partial charge in [-0.15, -0.1) is 0 Å². The first-order valence-electron chi connectivity index (χ1n) is 12.8. The number of alkyl carbamates (subject to hydrolysis) is 2. The minimum atomic E-state index is -0.784. The summed E-state index contributed by atoms with van der Waals surface area (Å²) in [5.41, 5.74) is -0.341. The van der Waals surface area contributed by atoms with E-state index < -0.39 is 29.2 Å². The van der Waals surface area contributed by atoms with E-state index in [0.29, 0.717) is 25.9 Å². The van der Waals surface area contributed by atoms with Crippen LogP contribution >= 0.6 is 0 Å². The third-order valence-electron chi connectivity index (χ3n) is 6.55. The molecule has 0 spiro atoms. The molecule has 0 saturated carbocycles. The predicted octanol–water partition coefficient (Wildman–Crippen LogP) is 3.05. The van der Waals surface area contributed by atoms with Gasteiger partial charge in [0.05, 0.1) is 12.1 Å². The molecule has 2 fully saturated rings. The van der Waals surface area contributed by atoms with Gasteiger partial charge in [-0.2, -0.15) is 0 Å². The molecule has 2 saturated heterocycles. The Morgan fingerprint density at radius 2 is 1.51 bits per heavy atom. The van der Waals surface area contributed by atoms with Crippen molar-refractivity contribution in [3.8, 4) is 0 Å². The maximum atomic E-state index is 13.6. The molecular weight excluding hydrogens is 476 g/mol. The SMILES string of the molecule is CC(C)(C)OC(=O)NCC(=O)N1CCC2C1CCN2C(=O)C(NC(=O)OCc1ccccc1)C(C)(C)C. The van der Waals surface area contributed by atoms with Crippen molar-refractivity contribution in [2.24, 2.45) is 5.41 Å². The molecule has 37 heavy (non-hydrogen) atoms. The second-order valence-corrected chi connectivity index (χ2v) is 11.7. The van der Waals surface area contributed by atoms with Gasteiger partial charge in [0.15, 0.2) is 0 Å². The number of fused-ring (bicyclic) bond motifs is 1. The van der Waals surface area contributed by atoms with Crippen LogP contribution in [-0.2, 0) is 25.7 Å². The van der Waals surface area contributed by atoms with Crippen LogP contribution in [0.25, 0.3) is 0 Å². The number of nitrogens with one attached hydrogen (secondary N) is 2. The summed E-state index contributed by atoms with van der Waals surface area (Å²) in [5.74, 6) is -0.388. The van der Waals surface area contributed by atoms with Crippen LogP contribution in [0.3, 0.4) is 0 Å². The lowest BCUT2D eigenvalue weighted by atomic mass is 9.85. The van der Waals surface area contributed by atoms with Gasteiger partial charge in [-0.1, -0.05) is 51.1 Å². The summed E-state index contributed by atoms with van der Waals surface area (Å²) >= 11 is 0. The van der Waals surface area contributed by atoms with Gasteiger partial charge < -0.3 is 29.9 Å². The van der Waals surface area contributed by atoms with Crippen molar-refractivity contribution in [2.45, 2.75) is 84.7 Å². The van der Waals surface area contributed by atoms with Crippen molar-refractivity contribution in [1.29, 1.82) is 0 Å². The first-order valence-corrected chi connectivity index (χ1v) is 12.8. The van der Waals surface area contributed by atoms with Crippen molar-refractivity contribution in [1.82, 2.24) is 20.4 Å². The molecule has 3 atom stereocenters. The van der Waals surface area contributed by atoms with E-state index in [9.17, 15) is 19.2 Å². The monoisotopic (exact) mass is 516 g/mol. The predicted molar refractivity (Wildman–Crippen MR) is 137 cm³/mol. The molecule has 0 aromatic heterocycles. The van der Waals surface area contributed by atoms with Crippen LogP contribution in [0.4, 0.5) is 9.59 Å². The number of rotatable bonds is 6. The Bertz CT molecular complexity index is 985. The Balaban J connectivity index is 1.58. The Labute approximate surface area is 219 Å². The molecule has 2 aliphatic heterocycles. The zero-order valence-corrected chi connectivity index (χ0v) is 22.7. The number of nitrogens with zero attached hydrogens (tertiary/aromatic N) is 2. The summed E-state index contributed by atoms with van der Waals surface area (Å²) in [6.07, 6.45) is -0.00394. The number of hydrogen-bond donors (Lipinski definition) is 2. The van der Waals surface area contributed by atoms with E-state index in [1.54, 1.807) is 30.6 Å². The molecule has 0 bridgehead atoms. The summed E-state index contributed by atoms with van der Waals surface area (Å²) in [6, 6.07) is 8.30. The fraction of sp³-hybridized carbons (Fsp3) is 0.630. The van der Waals surface area contributed by atoms with E-state index in [1.807, 2.05) is 51.1 Å². The van der Waals surface area contributed by atoms with Gasteiger partial charge in [-0.25, -0.2) is 9.59 Å². The lowest BCUT2D eigenvalue weighted by Gasteiger charge is -2.35. The van der Waals surface area contributed by atoms with Crippen LogP contribution in [0.1, 0.15) is 59.9 Å². The van der Waals surface area contributed by atoms with Crippen molar-refractivity contribution >= 4 is 24.0 Å².